The smallest absolute Gasteiger partial charge is 0.324 e. The Bertz CT molecular complexity index is 1720. The molecule has 4 aromatic heterocycles. The molecule has 0 spiro atoms. The van der Waals surface area contributed by atoms with Crippen molar-refractivity contribution in [3.8, 4) is 17.1 Å². The Morgan fingerprint density at radius 1 is 1.12 bits per heavy atom. The van der Waals surface area contributed by atoms with Crippen LogP contribution in [0.1, 0.15) is 52.2 Å². The van der Waals surface area contributed by atoms with Crippen molar-refractivity contribution in [1.82, 2.24) is 24.8 Å². The zero-order chi connectivity index (χ0) is 28.2. The number of ether oxygens (including phenoxy) is 1. The highest BCUT2D eigenvalue weighted by molar-refractivity contribution is 7.23. The largest absolute Gasteiger partial charge is 0.476 e. The fourth-order valence-electron chi connectivity index (χ4n) is 4.70. The number of thiazole rings is 1. The Labute approximate surface area is 241 Å². The molecule has 0 radical (unpaired) electrons. The third-order valence-electron chi connectivity index (χ3n) is 7.68. The molecule has 1 aromatic carbocycles. The first kappa shape index (κ1) is 26.0. The van der Waals surface area contributed by atoms with Crippen LogP contribution in [0.3, 0.4) is 0 Å². The molecule has 2 fully saturated rings. The molecule has 0 bridgehead atoms. The Balaban J connectivity index is 0.988. The molecule has 2 saturated carbocycles. The molecule has 0 unspecified atom stereocenters. The van der Waals surface area contributed by atoms with Crippen molar-refractivity contribution in [2.75, 3.05) is 23.8 Å². The number of carbonyl (C=O) groups is 1. The lowest BCUT2D eigenvalue weighted by atomic mass is 9.93. The lowest BCUT2D eigenvalue weighted by Gasteiger charge is -2.17. The molecule has 2 aliphatic rings. The predicted molar refractivity (Wildman–Crippen MR) is 160 cm³/mol. The van der Waals surface area contributed by atoms with Crippen LogP contribution in [0.2, 0.25) is 0 Å². The fraction of sp³-hybridized carbons (Fsp3) is 0.400. The highest BCUT2D eigenvalue weighted by atomic mass is 32.1. The van der Waals surface area contributed by atoms with E-state index in [1.54, 1.807) is 17.4 Å². The molecule has 5 aromatic rings. The Hall–Kier alpha value is -3.96. The van der Waals surface area contributed by atoms with E-state index in [0.29, 0.717) is 29.8 Å². The minimum Gasteiger partial charge on any atom is -0.476 e. The number of carbonyl (C=O) groups excluding carboxylic acids is 1. The summed E-state index contributed by atoms with van der Waals surface area (Å²) in [5.74, 6) is 2.60. The lowest BCUT2D eigenvalue weighted by Crippen LogP contribution is -2.38. The number of aromatic nitrogens is 4. The molecule has 7 rings (SSSR count). The number of amides is 2. The zero-order valence-electron chi connectivity index (χ0n) is 23.4. The molecule has 11 heteroatoms. The summed E-state index contributed by atoms with van der Waals surface area (Å²) in [5.41, 5.74) is 3.41. The van der Waals surface area contributed by atoms with Gasteiger partial charge >= 0.3 is 6.03 Å². The molecule has 212 valence electrons. The average Bonchev–Trinajstić information content (AvgIpc) is 3.79. The number of imidazole rings is 1. The highest BCUT2D eigenvalue weighted by Gasteiger charge is 2.44. The highest BCUT2D eigenvalue weighted by Crippen LogP contribution is 2.38. The second-order valence-corrected chi connectivity index (χ2v) is 13.2. The number of urea groups is 1. The van der Waals surface area contributed by atoms with Gasteiger partial charge in [-0.05, 0) is 56.3 Å². The molecular formula is C30H33N7O3S. The summed E-state index contributed by atoms with van der Waals surface area (Å²) in [4.78, 5) is 23.8. The van der Waals surface area contributed by atoms with E-state index in [1.165, 1.54) is 25.7 Å². The van der Waals surface area contributed by atoms with Gasteiger partial charge in [0.15, 0.2) is 10.8 Å². The lowest BCUT2D eigenvalue weighted by molar-refractivity contribution is 0.243. The first-order chi connectivity index (χ1) is 19.7. The number of hydrogen-bond acceptors (Lipinski definition) is 8. The average molecular weight is 572 g/mol. The molecule has 2 amide bonds. The summed E-state index contributed by atoms with van der Waals surface area (Å²) in [6, 6.07) is 12.9. The molecule has 4 heterocycles. The van der Waals surface area contributed by atoms with Crippen LogP contribution in [0.5, 0.6) is 5.88 Å². The molecule has 3 N–H and O–H groups in total. The second-order valence-electron chi connectivity index (χ2n) is 12.2. The van der Waals surface area contributed by atoms with E-state index < -0.39 is 6.03 Å². The van der Waals surface area contributed by atoms with Gasteiger partial charge in [0.05, 0.1) is 16.7 Å². The van der Waals surface area contributed by atoms with Gasteiger partial charge in [0.1, 0.15) is 17.2 Å². The number of rotatable bonds is 9. The monoisotopic (exact) mass is 571 g/mol. The van der Waals surface area contributed by atoms with Gasteiger partial charge in [0.25, 0.3) is 0 Å². The second kappa shape index (κ2) is 9.85. The number of pyridine rings is 1. The number of benzene rings is 1. The first-order valence-corrected chi connectivity index (χ1v) is 14.9. The van der Waals surface area contributed by atoms with Crippen molar-refractivity contribution < 1.29 is 14.1 Å². The van der Waals surface area contributed by atoms with Crippen LogP contribution in [-0.4, -0.2) is 44.2 Å². The SMILES string of the molecule is CC(C)(C)c1cc(NC(=O)Nc2ccc(-c3cn4c(n3)sc3nc(OCC5(NCC6CC6)CC5)ccc34)cc2)no1. The van der Waals surface area contributed by atoms with Gasteiger partial charge < -0.3 is 19.9 Å². The van der Waals surface area contributed by atoms with Gasteiger partial charge in [-0.1, -0.05) is 49.4 Å². The van der Waals surface area contributed by atoms with Crippen molar-refractivity contribution in [2.24, 2.45) is 5.92 Å². The van der Waals surface area contributed by atoms with Gasteiger partial charge in [-0.3, -0.25) is 9.72 Å². The summed E-state index contributed by atoms with van der Waals surface area (Å²) >= 11 is 1.54. The maximum Gasteiger partial charge on any atom is 0.324 e. The molecule has 2 aliphatic carbocycles. The van der Waals surface area contributed by atoms with Crippen LogP contribution >= 0.6 is 11.3 Å². The predicted octanol–water partition coefficient (Wildman–Crippen LogP) is 6.45. The Morgan fingerprint density at radius 2 is 1.93 bits per heavy atom. The normalized spacial score (nSPS) is 16.3. The van der Waals surface area contributed by atoms with Gasteiger partial charge in [-0.2, -0.15) is 0 Å². The van der Waals surface area contributed by atoms with E-state index in [1.807, 2.05) is 57.3 Å². The summed E-state index contributed by atoms with van der Waals surface area (Å²) in [6.45, 7) is 7.83. The van der Waals surface area contributed by atoms with E-state index >= 15 is 0 Å². The maximum absolute atomic E-state index is 12.4. The third-order valence-corrected chi connectivity index (χ3v) is 8.64. The molecule has 10 nitrogen and oxygen atoms in total. The minimum atomic E-state index is -0.391. The van der Waals surface area contributed by atoms with Crippen molar-refractivity contribution in [1.29, 1.82) is 0 Å². The van der Waals surface area contributed by atoms with E-state index in [0.717, 1.165) is 39.0 Å². The quantitative estimate of drug-likeness (QED) is 0.186. The Kier molecular flexibility index (Phi) is 6.24. The van der Waals surface area contributed by atoms with Crippen LogP contribution in [0.15, 0.2) is 53.2 Å². The van der Waals surface area contributed by atoms with Crippen LogP contribution in [-0.2, 0) is 5.41 Å². The van der Waals surface area contributed by atoms with E-state index in [2.05, 4.69) is 31.6 Å². The van der Waals surface area contributed by atoms with Crippen LogP contribution in [0.25, 0.3) is 26.6 Å². The third kappa shape index (κ3) is 5.64. The zero-order valence-corrected chi connectivity index (χ0v) is 24.2. The van der Waals surface area contributed by atoms with Crippen molar-refractivity contribution in [2.45, 2.75) is 57.4 Å². The van der Waals surface area contributed by atoms with Crippen LogP contribution in [0.4, 0.5) is 16.3 Å². The van der Waals surface area contributed by atoms with Crippen LogP contribution < -0.4 is 20.7 Å². The summed E-state index contributed by atoms with van der Waals surface area (Å²) in [5, 5.41) is 13.2. The number of hydrogen-bond donors (Lipinski definition) is 3. The van der Waals surface area contributed by atoms with Crippen LogP contribution in [0, 0.1) is 5.92 Å². The van der Waals surface area contributed by atoms with Gasteiger partial charge in [0, 0.05) is 35.0 Å². The standard InChI is InChI=1S/C30H33N7O3S/c1-29(2,3)23-14-24(36-40-23)34-27(38)32-20-8-6-19(7-9-20)21-16-37-22-10-11-25(35-26(22)41-28(37)33-21)39-17-30(12-13-30)31-15-18-4-5-18/h6-11,14,16,18,31H,4-5,12-13,15,17H2,1-3H3,(H2,32,34,36,38). The summed E-state index contributed by atoms with van der Waals surface area (Å²) in [6.07, 6.45) is 7.07. The number of nitrogens with one attached hydrogen (secondary N) is 3. The molecule has 0 atom stereocenters. The first-order valence-electron chi connectivity index (χ1n) is 14.1. The summed E-state index contributed by atoms with van der Waals surface area (Å²) in [7, 11) is 0. The number of fused-ring (bicyclic) bond motifs is 3. The topological polar surface area (TPSA) is 119 Å². The van der Waals surface area contributed by atoms with Gasteiger partial charge in [-0.15, -0.1) is 0 Å². The van der Waals surface area contributed by atoms with Gasteiger partial charge in [-0.25, -0.2) is 14.8 Å². The van der Waals surface area contributed by atoms with Crippen molar-refractivity contribution in [3.63, 3.8) is 0 Å². The maximum atomic E-state index is 12.4. The van der Waals surface area contributed by atoms with Crippen molar-refractivity contribution >= 4 is 44.2 Å². The van der Waals surface area contributed by atoms with Crippen molar-refractivity contribution in [3.05, 3.63) is 54.4 Å². The molecule has 0 aliphatic heterocycles. The van der Waals surface area contributed by atoms with E-state index in [-0.39, 0.29) is 11.0 Å². The summed E-state index contributed by atoms with van der Waals surface area (Å²) < 4.78 is 13.5. The van der Waals surface area contributed by atoms with E-state index in [4.69, 9.17) is 19.2 Å². The molecule has 41 heavy (non-hydrogen) atoms. The Morgan fingerprint density at radius 3 is 2.63 bits per heavy atom. The number of anilines is 2. The molecule has 0 saturated heterocycles. The molecular weight excluding hydrogens is 538 g/mol. The minimum absolute atomic E-state index is 0.139. The van der Waals surface area contributed by atoms with Gasteiger partial charge in [0.2, 0.25) is 5.88 Å². The number of nitrogens with zero attached hydrogens (tertiary/aromatic N) is 4. The fourth-order valence-corrected chi connectivity index (χ4v) is 5.67. The van der Waals surface area contributed by atoms with E-state index in [9.17, 15) is 4.79 Å².